The summed E-state index contributed by atoms with van der Waals surface area (Å²) in [5.41, 5.74) is 3.08. The van der Waals surface area contributed by atoms with Crippen LogP contribution in [0.4, 0.5) is 0 Å². The number of nitrogens with one attached hydrogen (secondary N) is 1. The van der Waals surface area contributed by atoms with Crippen LogP contribution in [0.3, 0.4) is 0 Å². The molecule has 3 N–H and O–H groups in total. The molecule has 1 aliphatic carbocycles. The Bertz CT molecular complexity index is 323. The van der Waals surface area contributed by atoms with Gasteiger partial charge in [0.15, 0.2) is 0 Å². The SMILES string of the molecule is CC1CCCC(C(CCCc2cccs2)NN)C1. The third kappa shape index (κ3) is 4.08. The second kappa shape index (κ2) is 7.27. The van der Waals surface area contributed by atoms with Crippen LogP contribution in [-0.2, 0) is 6.42 Å². The lowest BCUT2D eigenvalue weighted by atomic mass is 9.77. The van der Waals surface area contributed by atoms with E-state index in [0.29, 0.717) is 6.04 Å². The summed E-state index contributed by atoms with van der Waals surface area (Å²) in [6, 6.07) is 4.90. The highest BCUT2D eigenvalue weighted by atomic mass is 32.1. The van der Waals surface area contributed by atoms with Gasteiger partial charge in [0, 0.05) is 10.9 Å². The quantitative estimate of drug-likeness (QED) is 0.608. The van der Waals surface area contributed by atoms with E-state index >= 15 is 0 Å². The van der Waals surface area contributed by atoms with Crippen LogP contribution in [0, 0.1) is 11.8 Å². The van der Waals surface area contributed by atoms with Crippen molar-refractivity contribution in [3.8, 4) is 0 Å². The van der Waals surface area contributed by atoms with Gasteiger partial charge in [0.2, 0.25) is 0 Å². The number of hydrazine groups is 1. The van der Waals surface area contributed by atoms with E-state index in [1.807, 2.05) is 11.3 Å². The maximum Gasteiger partial charge on any atom is 0.0239 e. The molecule has 2 nitrogen and oxygen atoms in total. The van der Waals surface area contributed by atoms with Crippen LogP contribution in [0.5, 0.6) is 0 Å². The zero-order valence-corrected chi connectivity index (χ0v) is 12.2. The number of thiophene rings is 1. The molecule has 1 aromatic heterocycles. The number of nitrogens with two attached hydrogens (primary N) is 1. The highest BCUT2D eigenvalue weighted by molar-refractivity contribution is 7.09. The number of aryl methyl sites for hydroxylation is 1. The monoisotopic (exact) mass is 266 g/mol. The fraction of sp³-hybridized carbons (Fsp3) is 0.733. The molecule has 0 radical (unpaired) electrons. The molecule has 1 fully saturated rings. The van der Waals surface area contributed by atoms with Crippen molar-refractivity contribution in [3.63, 3.8) is 0 Å². The lowest BCUT2D eigenvalue weighted by Crippen LogP contribution is -2.42. The number of rotatable bonds is 6. The van der Waals surface area contributed by atoms with Crippen molar-refractivity contribution in [1.82, 2.24) is 5.43 Å². The molecule has 0 aliphatic heterocycles. The lowest BCUT2D eigenvalue weighted by molar-refractivity contribution is 0.214. The van der Waals surface area contributed by atoms with Crippen molar-refractivity contribution in [1.29, 1.82) is 0 Å². The first-order valence-electron chi connectivity index (χ1n) is 7.28. The molecular weight excluding hydrogens is 240 g/mol. The average Bonchev–Trinajstić information content (AvgIpc) is 2.88. The van der Waals surface area contributed by atoms with E-state index < -0.39 is 0 Å². The highest BCUT2D eigenvalue weighted by Gasteiger charge is 2.25. The predicted octanol–water partition coefficient (Wildman–Crippen LogP) is 3.73. The van der Waals surface area contributed by atoms with Gasteiger partial charge in [0.1, 0.15) is 0 Å². The normalized spacial score (nSPS) is 26.1. The molecule has 2 rings (SSSR count). The highest BCUT2D eigenvalue weighted by Crippen LogP contribution is 2.32. The van der Waals surface area contributed by atoms with Gasteiger partial charge in [0.05, 0.1) is 0 Å². The van der Waals surface area contributed by atoms with Crippen LogP contribution >= 0.6 is 11.3 Å². The largest absolute Gasteiger partial charge is 0.271 e. The third-order valence-electron chi connectivity index (χ3n) is 4.28. The molecule has 3 unspecified atom stereocenters. The van der Waals surface area contributed by atoms with Gasteiger partial charge in [-0.1, -0.05) is 25.8 Å². The Kier molecular flexibility index (Phi) is 5.67. The van der Waals surface area contributed by atoms with Crippen molar-refractivity contribution in [2.24, 2.45) is 17.7 Å². The minimum Gasteiger partial charge on any atom is -0.271 e. The zero-order valence-electron chi connectivity index (χ0n) is 11.4. The van der Waals surface area contributed by atoms with Crippen molar-refractivity contribution in [3.05, 3.63) is 22.4 Å². The van der Waals surface area contributed by atoms with Crippen molar-refractivity contribution >= 4 is 11.3 Å². The Hall–Kier alpha value is -0.380. The molecule has 1 heterocycles. The van der Waals surface area contributed by atoms with Gasteiger partial charge >= 0.3 is 0 Å². The summed E-state index contributed by atoms with van der Waals surface area (Å²) in [4.78, 5) is 1.50. The lowest BCUT2D eigenvalue weighted by Gasteiger charge is -2.33. The van der Waals surface area contributed by atoms with E-state index in [9.17, 15) is 0 Å². The van der Waals surface area contributed by atoms with E-state index in [1.165, 1.54) is 49.8 Å². The Morgan fingerprint density at radius 2 is 2.39 bits per heavy atom. The fourth-order valence-corrected chi connectivity index (χ4v) is 4.00. The summed E-state index contributed by atoms with van der Waals surface area (Å²) in [5, 5.41) is 2.16. The Morgan fingerprint density at radius 3 is 3.06 bits per heavy atom. The fourth-order valence-electron chi connectivity index (χ4n) is 3.25. The molecule has 18 heavy (non-hydrogen) atoms. The van der Waals surface area contributed by atoms with E-state index in [4.69, 9.17) is 5.84 Å². The van der Waals surface area contributed by atoms with E-state index in [2.05, 4.69) is 29.9 Å². The van der Waals surface area contributed by atoms with Gasteiger partial charge in [-0.25, -0.2) is 0 Å². The van der Waals surface area contributed by atoms with Gasteiger partial charge in [-0.15, -0.1) is 11.3 Å². The van der Waals surface area contributed by atoms with Gasteiger partial charge in [-0.3, -0.25) is 11.3 Å². The Balaban J connectivity index is 1.74. The summed E-state index contributed by atoms with van der Waals surface area (Å²) in [7, 11) is 0. The maximum absolute atomic E-state index is 5.76. The summed E-state index contributed by atoms with van der Waals surface area (Å²) >= 11 is 1.87. The second-order valence-electron chi connectivity index (χ2n) is 5.78. The van der Waals surface area contributed by atoms with Gasteiger partial charge in [-0.2, -0.15) is 0 Å². The molecule has 3 atom stereocenters. The van der Waals surface area contributed by atoms with Crippen LogP contribution in [0.1, 0.15) is 50.3 Å². The van der Waals surface area contributed by atoms with Crippen LogP contribution in [0.2, 0.25) is 0 Å². The smallest absolute Gasteiger partial charge is 0.0239 e. The van der Waals surface area contributed by atoms with Gasteiger partial charge in [-0.05, 0) is 55.4 Å². The zero-order chi connectivity index (χ0) is 12.8. The van der Waals surface area contributed by atoms with Gasteiger partial charge < -0.3 is 0 Å². The van der Waals surface area contributed by atoms with E-state index in [-0.39, 0.29) is 0 Å². The maximum atomic E-state index is 5.76. The van der Waals surface area contributed by atoms with E-state index in [1.54, 1.807) is 0 Å². The summed E-state index contributed by atoms with van der Waals surface area (Å²) < 4.78 is 0. The van der Waals surface area contributed by atoms with Gasteiger partial charge in [0.25, 0.3) is 0 Å². The van der Waals surface area contributed by atoms with E-state index in [0.717, 1.165) is 11.8 Å². The van der Waals surface area contributed by atoms with Crippen molar-refractivity contribution in [2.75, 3.05) is 0 Å². The van der Waals surface area contributed by atoms with Crippen molar-refractivity contribution < 1.29 is 0 Å². The molecule has 0 bridgehead atoms. The molecule has 3 heteroatoms. The van der Waals surface area contributed by atoms with Crippen LogP contribution in [-0.4, -0.2) is 6.04 Å². The van der Waals surface area contributed by atoms with Crippen LogP contribution in [0.25, 0.3) is 0 Å². The first kappa shape index (κ1) is 14.0. The Labute approximate surface area is 115 Å². The Morgan fingerprint density at radius 1 is 1.50 bits per heavy atom. The molecule has 0 amide bonds. The third-order valence-corrected chi connectivity index (χ3v) is 5.21. The molecule has 0 spiro atoms. The number of hydrogen-bond donors (Lipinski definition) is 2. The van der Waals surface area contributed by atoms with Crippen LogP contribution < -0.4 is 11.3 Å². The molecule has 1 aliphatic rings. The molecule has 1 aromatic rings. The summed E-state index contributed by atoms with van der Waals surface area (Å²) in [5.74, 6) is 7.44. The second-order valence-corrected chi connectivity index (χ2v) is 6.81. The summed E-state index contributed by atoms with van der Waals surface area (Å²) in [6.45, 7) is 2.38. The van der Waals surface area contributed by atoms with Crippen LogP contribution in [0.15, 0.2) is 17.5 Å². The molecule has 0 aromatic carbocycles. The minimum absolute atomic E-state index is 0.521. The van der Waals surface area contributed by atoms with Crippen molar-refractivity contribution in [2.45, 2.75) is 57.9 Å². The first-order chi connectivity index (χ1) is 8.79. The summed E-state index contributed by atoms with van der Waals surface area (Å²) in [6.07, 6.45) is 9.17. The topological polar surface area (TPSA) is 38.0 Å². The average molecular weight is 266 g/mol. The molecule has 1 saturated carbocycles. The standard InChI is InChI=1S/C15H26N2S/c1-12-5-2-6-13(11-12)15(17-16)9-3-7-14-8-4-10-18-14/h4,8,10,12-13,15,17H,2-3,5-7,9,11,16H2,1H3. The minimum atomic E-state index is 0.521. The molecule has 0 saturated heterocycles. The predicted molar refractivity (Wildman–Crippen MR) is 79.5 cm³/mol. The number of hydrogen-bond acceptors (Lipinski definition) is 3. The molecular formula is C15H26N2S. The molecule has 102 valence electrons. The first-order valence-corrected chi connectivity index (χ1v) is 8.16.